The molecule has 0 spiro atoms. The van der Waals surface area contributed by atoms with Crippen molar-refractivity contribution in [2.24, 2.45) is 0 Å². The molecular weight excluding hydrogens is 502 g/mol. The second-order valence-corrected chi connectivity index (χ2v) is 9.25. The van der Waals surface area contributed by atoms with E-state index in [2.05, 4.69) is 113 Å². The van der Waals surface area contributed by atoms with Gasteiger partial charge in [-0.25, -0.2) is 0 Å². The third-order valence-corrected chi connectivity index (χ3v) is 6.84. The third kappa shape index (κ3) is 5.25. The van der Waals surface area contributed by atoms with Crippen LogP contribution in [-0.2, 0) is 0 Å². The van der Waals surface area contributed by atoms with Gasteiger partial charge in [-0.3, -0.25) is 10.8 Å². The fourth-order valence-corrected chi connectivity index (χ4v) is 5.04. The van der Waals surface area contributed by atoms with Gasteiger partial charge in [-0.2, -0.15) is 0 Å². The maximum atomic E-state index is 7.03. The number of benzene rings is 5. The average molecular weight is 536 g/mol. The van der Waals surface area contributed by atoms with E-state index in [1.807, 2.05) is 26.0 Å². The lowest BCUT2D eigenvalue weighted by molar-refractivity contribution is 1.17. The largest absolute Gasteiger partial charge is 0.398 e. The summed E-state index contributed by atoms with van der Waals surface area (Å²) < 4.78 is 0. The van der Waals surface area contributed by atoms with Gasteiger partial charge < -0.3 is 15.5 Å². The van der Waals surface area contributed by atoms with Gasteiger partial charge in [0, 0.05) is 22.1 Å². The number of allylic oxidation sites excluding steroid dienone is 4. The van der Waals surface area contributed by atoms with Gasteiger partial charge in [0.2, 0.25) is 0 Å². The maximum absolute atomic E-state index is 7.03. The molecule has 1 aliphatic carbocycles. The zero-order valence-electron chi connectivity index (χ0n) is 23.3. The second kappa shape index (κ2) is 12.2. The van der Waals surface area contributed by atoms with Crippen LogP contribution in [0.2, 0.25) is 0 Å². The molecule has 0 radical (unpaired) electrons. The first kappa shape index (κ1) is 27.2. The number of fused-ring (bicyclic) bond motifs is 3. The first-order chi connectivity index (χ1) is 20.1. The lowest BCUT2D eigenvalue weighted by Gasteiger charge is -2.40. The van der Waals surface area contributed by atoms with Gasteiger partial charge in [-0.05, 0) is 60.7 Å². The Labute approximate surface area is 241 Å². The minimum absolute atomic E-state index is 0.285. The Bertz CT molecular complexity index is 1700. The topological polar surface area (TPSA) is 80.2 Å². The highest BCUT2D eigenvalue weighted by Gasteiger charge is 2.30. The van der Waals surface area contributed by atoms with E-state index in [1.165, 1.54) is 0 Å². The molecular formula is C36H33N5. The van der Waals surface area contributed by atoms with Crippen molar-refractivity contribution in [2.45, 2.75) is 13.8 Å². The van der Waals surface area contributed by atoms with Crippen molar-refractivity contribution in [1.29, 1.82) is 10.8 Å². The smallest absolute Gasteiger partial charge is 0.0789 e. The molecule has 41 heavy (non-hydrogen) atoms. The number of hydrogen-bond acceptors (Lipinski definition) is 5. The van der Waals surface area contributed by atoms with Gasteiger partial charge >= 0.3 is 0 Å². The summed E-state index contributed by atoms with van der Waals surface area (Å²) >= 11 is 0. The predicted octanol–water partition coefficient (Wildman–Crippen LogP) is 9.85. The summed E-state index contributed by atoms with van der Waals surface area (Å²) in [4.78, 5) is 4.69. The van der Waals surface area contributed by atoms with Gasteiger partial charge in [-0.15, -0.1) is 0 Å². The molecule has 0 amide bonds. The van der Waals surface area contributed by atoms with Crippen LogP contribution in [0.1, 0.15) is 13.8 Å². The van der Waals surface area contributed by atoms with Crippen LogP contribution in [0, 0.1) is 10.8 Å². The highest BCUT2D eigenvalue weighted by molar-refractivity contribution is 6.48. The number of nitrogens with zero attached hydrogens (tertiary/aromatic N) is 2. The summed E-state index contributed by atoms with van der Waals surface area (Å²) in [6.45, 7) is 4.00. The van der Waals surface area contributed by atoms with Gasteiger partial charge in [-0.1, -0.05) is 92.7 Å². The molecule has 202 valence electrons. The number of para-hydroxylation sites is 5. The average Bonchev–Trinajstić information content (AvgIpc) is 3.04. The molecule has 5 aromatic rings. The Hall–Kier alpha value is -5.42. The fraction of sp³-hybridized carbons (Fsp3) is 0.0556. The van der Waals surface area contributed by atoms with E-state index in [0.717, 1.165) is 50.6 Å². The Morgan fingerprint density at radius 2 is 0.902 bits per heavy atom. The molecule has 5 heteroatoms. The number of nitrogens with one attached hydrogen (secondary N) is 2. The van der Waals surface area contributed by atoms with Crippen molar-refractivity contribution < 1.29 is 0 Å². The highest BCUT2D eigenvalue weighted by Crippen LogP contribution is 2.54. The van der Waals surface area contributed by atoms with E-state index >= 15 is 0 Å². The fourth-order valence-electron chi connectivity index (χ4n) is 5.04. The first-order valence-corrected chi connectivity index (χ1v) is 13.8. The quantitative estimate of drug-likeness (QED) is 0.152. The molecule has 5 aromatic carbocycles. The van der Waals surface area contributed by atoms with E-state index in [0.29, 0.717) is 0 Å². The van der Waals surface area contributed by atoms with Crippen LogP contribution >= 0.6 is 0 Å². The summed E-state index contributed by atoms with van der Waals surface area (Å²) in [6.07, 6.45) is 6.70. The number of anilines is 7. The minimum atomic E-state index is 0.285. The standard InChI is InChI=1S/C28H21N3.C6H6N2.C2H6/c29-23-18-19-24(22-13-5-4-12-21(22)23)31-27-16-8-6-14-25(27)30(20-10-2-1-3-11-20)26-15-7-9-17-28(26)31;7-5-3-1-2-4-6(5)8;1-2/h1-19H,29H2;1-4,7-8H;1-2H3. The summed E-state index contributed by atoms with van der Waals surface area (Å²) in [5.74, 6) is 0. The van der Waals surface area contributed by atoms with Crippen molar-refractivity contribution in [3.05, 3.63) is 140 Å². The summed E-state index contributed by atoms with van der Waals surface area (Å²) in [7, 11) is 0. The molecule has 0 atom stereocenters. The monoisotopic (exact) mass is 535 g/mol. The summed E-state index contributed by atoms with van der Waals surface area (Å²) in [6, 6.07) is 40.2. The van der Waals surface area contributed by atoms with Crippen molar-refractivity contribution in [1.82, 2.24) is 0 Å². The Kier molecular flexibility index (Phi) is 8.07. The highest BCUT2D eigenvalue weighted by atomic mass is 15.3. The van der Waals surface area contributed by atoms with E-state index in [4.69, 9.17) is 16.6 Å². The molecule has 2 aliphatic rings. The maximum Gasteiger partial charge on any atom is 0.0789 e. The van der Waals surface area contributed by atoms with Crippen molar-refractivity contribution in [3.63, 3.8) is 0 Å². The van der Waals surface area contributed by atoms with Crippen molar-refractivity contribution >= 4 is 62.0 Å². The Balaban J connectivity index is 0.000000290. The number of nitrogen functional groups attached to an aromatic ring is 1. The van der Waals surface area contributed by atoms with Crippen LogP contribution in [0.25, 0.3) is 10.8 Å². The molecule has 7 rings (SSSR count). The molecule has 0 saturated carbocycles. The number of rotatable bonds is 2. The molecule has 0 bridgehead atoms. The van der Waals surface area contributed by atoms with Gasteiger partial charge in [0.25, 0.3) is 0 Å². The first-order valence-electron chi connectivity index (χ1n) is 13.8. The van der Waals surface area contributed by atoms with E-state index in [1.54, 1.807) is 24.3 Å². The zero-order valence-corrected chi connectivity index (χ0v) is 23.3. The molecule has 1 heterocycles. The normalized spacial score (nSPS) is 13.0. The van der Waals surface area contributed by atoms with Gasteiger partial charge in [0.1, 0.15) is 0 Å². The molecule has 0 saturated heterocycles. The van der Waals surface area contributed by atoms with Crippen LogP contribution in [0.15, 0.2) is 140 Å². The molecule has 0 aromatic heterocycles. The van der Waals surface area contributed by atoms with Gasteiger partial charge in [0.05, 0.1) is 39.9 Å². The second-order valence-electron chi connectivity index (χ2n) is 9.25. The lowest BCUT2D eigenvalue weighted by Crippen LogP contribution is -2.24. The van der Waals surface area contributed by atoms with Crippen molar-refractivity contribution in [2.75, 3.05) is 15.5 Å². The van der Waals surface area contributed by atoms with Crippen LogP contribution in [0.5, 0.6) is 0 Å². The summed E-state index contributed by atoms with van der Waals surface area (Å²) in [5.41, 5.74) is 14.5. The number of hydrogen-bond donors (Lipinski definition) is 3. The SMILES string of the molecule is CC.N=C1C=CC=CC1=N.Nc1ccc(N2c3ccccc3N(c3ccccc3)c3ccccc32)c2ccccc12. The third-order valence-electron chi connectivity index (χ3n) is 6.84. The van der Waals surface area contributed by atoms with Crippen LogP contribution < -0.4 is 15.5 Å². The Morgan fingerprint density at radius 3 is 1.41 bits per heavy atom. The minimum Gasteiger partial charge on any atom is -0.398 e. The molecule has 0 unspecified atom stereocenters. The zero-order chi connectivity index (χ0) is 28.8. The molecule has 1 aliphatic heterocycles. The van der Waals surface area contributed by atoms with E-state index < -0.39 is 0 Å². The van der Waals surface area contributed by atoms with Crippen LogP contribution in [0.4, 0.5) is 39.8 Å². The molecule has 5 nitrogen and oxygen atoms in total. The summed E-state index contributed by atoms with van der Waals surface area (Å²) in [5, 5.41) is 16.3. The van der Waals surface area contributed by atoms with Crippen molar-refractivity contribution in [3.8, 4) is 0 Å². The van der Waals surface area contributed by atoms with E-state index in [9.17, 15) is 0 Å². The van der Waals surface area contributed by atoms with Crippen LogP contribution in [-0.4, -0.2) is 11.4 Å². The lowest BCUT2D eigenvalue weighted by atomic mass is 10.0. The predicted molar refractivity (Wildman–Crippen MR) is 176 cm³/mol. The molecule has 4 N–H and O–H groups in total. The Morgan fingerprint density at radius 1 is 0.463 bits per heavy atom. The van der Waals surface area contributed by atoms with Gasteiger partial charge in [0.15, 0.2) is 0 Å². The number of nitrogens with two attached hydrogens (primary N) is 1. The molecule has 0 fully saturated rings. The van der Waals surface area contributed by atoms with E-state index in [-0.39, 0.29) is 11.4 Å². The van der Waals surface area contributed by atoms with Crippen LogP contribution in [0.3, 0.4) is 0 Å².